The summed E-state index contributed by atoms with van der Waals surface area (Å²) in [5.74, 6) is -0.816. The van der Waals surface area contributed by atoms with Crippen molar-refractivity contribution in [3.05, 3.63) is 105 Å². The van der Waals surface area contributed by atoms with Crippen LogP contribution in [0.1, 0.15) is 34.7 Å². The number of carbonyl (C=O) groups excluding carboxylic acids is 1. The van der Waals surface area contributed by atoms with Gasteiger partial charge in [-0.15, -0.1) is 0 Å². The van der Waals surface area contributed by atoms with Gasteiger partial charge in [-0.1, -0.05) is 47.5 Å². The molecular formula is C25H22Cl2FN3O. The molecule has 0 aliphatic rings. The molecule has 1 amide bonds. The molecule has 4 rings (SSSR count). The monoisotopic (exact) mass is 469 g/mol. The summed E-state index contributed by atoms with van der Waals surface area (Å²) in [6, 6.07) is 15.6. The second kappa shape index (κ2) is 9.72. The molecule has 2 aromatic heterocycles. The average Bonchev–Trinajstić information content (AvgIpc) is 3.19. The third-order valence-corrected chi connectivity index (χ3v) is 6.08. The van der Waals surface area contributed by atoms with E-state index in [4.69, 9.17) is 23.2 Å². The summed E-state index contributed by atoms with van der Waals surface area (Å²) >= 11 is 12.2. The van der Waals surface area contributed by atoms with E-state index in [1.54, 1.807) is 24.4 Å². The Labute approximate surface area is 196 Å². The Morgan fingerprint density at radius 3 is 2.78 bits per heavy atom. The number of rotatable bonds is 7. The van der Waals surface area contributed by atoms with E-state index in [-0.39, 0.29) is 24.1 Å². The fourth-order valence-corrected chi connectivity index (χ4v) is 4.37. The van der Waals surface area contributed by atoms with Crippen molar-refractivity contribution in [2.45, 2.75) is 25.7 Å². The normalized spacial score (nSPS) is 12.1. The fourth-order valence-electron chi connectivity index (χ4n) is 3.86. The number of nitrogens with one attached hydrogen (secondary N) is 1. The van der Waals surface area contributed by atoms with Crippen LogP contribution in [0.2, 0.25) is 10.0 Å². The summed E-state index contributed by atoms with van der Waals surface area (Å²) in [4.78, 5) is 17.4. The zero-order valence-electron chi connectivity index (χ0n) is 17.5. The molecule has 0 aliphatic heterocycles. The van der Waals surface area contributed by atoms with E-state index in [0.717, 1.165) is 28.0 Å². The summed E-state index contributed by atoms with van der Waals surface area (Å²) in [5.41, 5.74) is 4.33. The number of hydrogen-bond acceptors (Lipinski definition) is 2. The standard InChI is InChI=1S/C25H22Cl2FN3O/c1-16-4-3-11-31-23(15-30-25(16)31)21(18-5-2-6-20(28)12-18)14-24(32)29-10-9-17-7-8-19(26)13-22(17)27/h2-8,11-13,15,21H,9-10,14H2,1H3,(H,29,32). The van der Waals surface area contributed by atoms with Gasteiger partial charge in [0.05, 0.1) is 5.69 Å². The molecule has 1 atom stereocenters. The molecule has 164 valence electrons. The first-order chi connectivity index (χ1) is 15.4. The van der Waals surface area contributed by atoms with Crippen LogP contribution < -0.4 is 5.32 Å². The Balaban J connectivity index is 1.54. The lowest BCUT2D eigenvalue weighted by atomic mass is 9.92. The van der Waals surface area contributed by atoms with Crippen LogP contribution in [0.5, 0.6) is 0 Å². The average molecular weight is 470 g/mol. The largest absolute Gasteiger partial charge is 0.356 e. The minimum absolute atomic E-state index is 0.132. The number of pyridine rings is 1. The first kappa shape index (κ1) is 22.3. The van der Waals surface area contributed by atoms with Gasteiger partial charge in [-0.25, -0.2) is 9.37 Å². The molecule has 0 saturated heterocycles. The van der Waals surface area contributed by atoms with Gasteiger partial charge in [0, 0.05) is 41.3 Å². The van der Waals surface area contributed by atoms with Gasteiger partial charge in [-0.2, -0.15) is 0 Å². The van der Waals surface area contributed by atoms with E-state index in [9.17, 15) is 9.18 Å². The Bertz CT molecular complexity index is 1270. The van der Waals surface area contributed by atoms with Crippen LogP contribution in [-0.2, 0) is 11.2 Å². The molecule has 4 nitrogen and oxygen atoms in total. The van der Waals surface area contributed by atoms with Crippen molar-refractivity contribution in [3.8, 4) is 0 Å². The highest BCUT2D eigenvalue weighted by molar-refractivity contribution is 6.35. The Kier molecular flexibility index (Phi) is 6.77. The summed E-state index contributed by atoms with van der Waals surface area (Å²) in [6.45, 7) is 2.42. The predicted molar refractivity (Wildman–Crippen MR) is 126 cm³/mol. The molecule has 1 N–H and O–H groups in total. The van der Waals surface area contributed by atoms with Crippen LogP contribution in [0.4, 0.5) is 4.39 Å². The number of fused-ring (bicyclic) bond motifs is 1. The Morgan fingerprint density at radius 1 is 1.16 bits per heavy atom. The summed E-state index contributed by atoms with van der Waals surface area (Å²) in [5, 5.41) is 4.10. The van der Waals surface area contributed by atoms with Gasteiger partial charge in [-0.05, 0) is 60.4 Å². The molecule has 7 heteroatoms. The molecule has 0 saturated carbocycles. The van der Waals surface area contributed by atoms with Gasteiger partial charge in [-0.3, -0.25) is 4.79 Å². The summed E-state index contributed by atoms with van der Waals surface area (Å²) in [7, 11) is 0. The van der Waals surface area contributed by atoms with Gasteiger partial charge >= 0.3 is 0 Å². The second-order valence-electron chi connectivity index (χ2n) is 7.72. The van der Waals surface area contributed by atoms with Crippen molar-refractivity contribution in [1.82, 2.24) is 14.7 Å². The van der Waals surface area contributed by atoms with E-state index in [0.29, 0.717) is 23.0 Å². The number of hydrogen-bond donors (Lipinski definition) is 1. The maximum absolute atomic E-state index is 14.0. The minimum Gasteiger partial charge on any atom is -0.356 e. The van der Waals surface area contributed by atoms with Crippen molar-refractivity contribution in [2.75, 3.05) is 6.54 Å². The number of benzene rings is 2. The maximum atomic E-state index is 14.0. The number of amides is 1. The second-order valence-corrected chi connectivity index (χ2v) is 8.56. The van der Waals surface area contributed by atoms with Gasteiger partial charge in [0.15, 0.2) is 0 Å². The number of nitrogens with zero attached hydrogens (tertiary/aromatic N) is 2. The number of aryl methyl sites for hydroxylation is 1. The molecule has 0 aliphatic carbocycles. The molecule has 2 aromatic carbocycles. The molecule has 4 aromatic rings. The van der Waals surface area contributed by atoms with E-state index in [2.05, 4.69) is 10.3 Å². The van der Waals surface area contributed by atoms with E-state index in [1.807, 2.05) is 41.8 Å². The van der Waals surface area contributed by atoms with Crippen molar-refractivity contribution >= 4 is 34.8 Å². The van der Waals surface area contributed by atoms with Crippen LogP contribution in [0.15, 0.2) is 67.0 Å². The minimum atomic E-state index is -0.346. The van der Waals surface area contributed by atoms with Gasteiger partial charge < -0.3 is 9.72 Å². The van der Waals surface area contributed by atoms with Crippen LogP contribution >= 0.6 is 23.2 Å². The highest BCUT2D eigenvalue weighted by Crippen LogP contribution is 2.30. The van der Waals surface area contributed by atoms with Gasteiger partial charge in [0.1, 0.15) is 11.5 Å². The summed E-state index contributed by atoms with van der Waals surface area (Å²) in [6.07, 6.45) is 4.43. The van der Waals surface area contributed by atoms with E-state index in [1.165, 1.54) is 12.1 Å². The van der Waals surface area contributed by atoms with Crippen molar-refractivity contribution in [3.63, 3.8) is 0 Å². The lowest BCUT2D eigenvalue weighted by molar-refractivity contribution is -0.121. The fraction of sp³-hybridized carbons (Fsp3) is 0.200. The van der Waals surface area contributed by atoms with Crippen molar-refractivity contribution in [2.24, 2.45) is 0 Å². The molecule has 0 bridgehead atoms. The smallest absolute Gasteiger partial charge is 0.221 e. The zero-order chi connectivity index (χ0) is 22.7. The van der Waals surface area contributed by atoms with E-state index < -0.39 is 0 Å². The molecule has 0 spiro atoms. The number of aromatic nitrogens is 2. The number of imidazole rings is 1. The highest BCUT2D eigenvalue weighted by Gasteiger charge is 2.22. The SMILES string of the molecule is Cc1cccn2c(C(CC(=O)NCCc3ccc(Cl)cc3Cl)c3cccc(F)c3)cnc12. The third-order valence-electron chi connectivity index (χ3n) is 5.49. The quantitative estimate of drug-likeness (QED) is 0.362. The van der Waals surface area contributed by atoms with Crippen LogP contribution in [0.25, 0.3) is 5.65 Å². The van der Waals surface area contributed by atoms with Crippen LogP contribution in [0.3, 0.4) is 0 Å². The molecule has 0 fully saturated rings. The molecule has 1 unspecified atom stereocenters. The summed E-state index contributed by atoms with van der Waals surface area (Å²) < 4.78 is 16.0. The maximum Gasteiger partial charge on any atom is 0.221 e. The van der Waals surface area contributed by atoms with Crippen LogP contribution in [0, 0.1) is 12.7 Å². The Morgan fingerprint density at radius 2 is 2.00 bits per heavy atom. The Hall–Kier alpha value is -2.89. The number of carbonyl (C=O) groups is 1. The molecular weight excluding hydrogens is 448 g/mol. The van der Waals surface area contributed by atoms with Crippen molar-refractivity contribution < 1.29 is 9.18 Å². The topological polar surface area (TPSA) is 46.4 Å². The first-order valence-corrected chi connectivity index (χ1v) is 11.1. The van der Waals surface area contributed by atoms with Crippen molar-refractivity contribution in [1.29, 1.82) is 0 Å². The number of halogens is 3. The van der Waals surface area contributed by atoms with Gasteiger partial charge in [0.2, 0.25) is 5.91 Å². The molecule has 0 radical (unpaired) electrons. The predicted octanol–water partition coefficient (Wildman–Crippen LogP) is 5.97. The third kappa shape index (κ3) is 4.95. The molecule has 2 heterocycles. The lowest BCUT2D eigenvalue weighted by Crippen LogP contribution is -2.27. The highest BCUT2D eigenvalue weighted by atomic mass is 35.5. The first-order valence-electron chi connectivity index (χ1n) is 10.3. The van der Waals surface area contributed by atoms with Gasteiger partial charge in [0.25, 0.3) is 0 Å². The van der Waals surface area contributed by atoms with Crippen LogP contribution in [-0.4, -0.2) is 21.8 Å². The lowest BCUT2D eigenvalue weighted by Gasteiger charge is -2.18. The molecule has 32 heavy (non-hydrogen) atoms. The zero-order valence-corrected chi connectivity index (χ0v) is 19.0. The van der Waals surface area contributed by atoms with E-state index >= 15 is 0 Å².